The van der Waals surface area contributed by atoms with E-state index in [4.69, 9.17) is 9.15 Å². The fourth-order valence-electron chi connectivity index (χ4n) is 3.48. The number of Topliss-reactive ketones (excluding diaryl/α,β-unsaturated/α-hetero) is 1. The van der Waals surface area contributed by atoms with Crippen LogP contribution in [0, 0.1) is 19.7 Å². The molecule has 0 radical (unpaired) electrons. The lowest BCUT2D eigenvalue weighted by molar-refractivity contribution is -0.117. The van der Waals surface area contributed by atoms with Crippen molar-refractivity contribution in [3.05, 3.63) is 81.2 Å². The van der Waals surface area contributed by atoms with Crippen LogP contribution in [0.15, 0.2) is 52.1 Å². The van der Waals surface area contributed by atoms with Crippen molar-refractivity contribution in [3.63, 3.8) is 0 Å². The molecule has 0 bridgehead atoms. The number of amides is 1. The largest absolute Gasteiger partial charge is 0.503 e. The molecule has 1 amide bonds. The van der Waals surface area contributed by atoms with E-state index in [1.54, 1.807) is 26.0 Å². The zero-order valence-corrected chi connectivity index (χ0v) is 18.0. The summed E-state index contributed by atoms with van der Waals surface area (Å²) in [5.74, 6) is -3.55. The summed E-state index contributed by atoms with van der Waals surface area (Å²) in [4.78, 5) is 43.7. The number of ether oxygens (including phenoxy) is 1. The molecule has 8 nitrogen and oxygen atoms in total. The maximum atomic E-state index is 14.8. The third-order valence-corrected chi connectivity index (χ3v) is 6.12. The van der Waals surface area contributed by atoms with Gasteiger partial charge in [0, 0.05) is 5.56 Å². The Labute approximate surface area is 185 Å². The van der Waals surface area contributed by atoms with Crippen LogP contribution in [0.25, 0.3) is 0 Å². The maximum Gasteiger partial charge on any atom is 0.350 e. The smallest absolute Gasteiger partial charge is 0.350 e. The summed E-state index contributed by atoms with van der Waals surface area (Å²) in [6.07, 6.45) is 0. The molecular formula is C22H17FN2O6S. The van der Waals surface area contributed by atoms with E-state index in [9.17, 15) is 23.9 Å². The van der Waals surface area contributed by atoms with Gasteiger partial charge in [-0.15, -0.1) is 0 Å². The van der Waals surface area contributed by atoms with E-state index >= 15 is 0 Å². The number of furan rings is 1. The molecule has 32 heavy (non-hydrogen) atoms. The Balaban J connectivity index is 1.90. The number of carbonyl (C=O) groups is 3. The number of nitrogens with zero attached hydrogens (tertiary/aromatic N) is 2. The number of hydrogen-bond acceptors (Lipinski definition) is 8. The van der Waals surface area contributed by atoms with Crippen LogP contribution < -0.4 is 4.90 Å². The molecule has 0 fully saturated rings. The van der Waals surface area contributed by atoms with E-state index in [1.165, 1.54) is 31.4 Å². The molecule has 3 heterocycles. The van der Waals surface area contributed by atoms with E-state index in [-0.39, 0.29) is 32.6 Å². The molecule has 1 N–H and O–H groups in total. The van der Waals surface area contributed by atoms with Gasteiger partial charge in [0.25, 0.3) is 5.91 Å². The molecular weight excluding hydrogens is 439 g/mol. The minimum atomic E-state index is -1.32. The first-order valence-electron chi connectivity index (χ1n) is 9.42. The molecule has 4 rings (SSSR count). The third-order valence-electron chi connectivity index (χ3n) is 4.98. The number of anilines is 1. The second kappa shape index (κ2) is 8.04. The molecule has 1 atom stereocenters. The van der Waals surface area contributed by atoms with Gasteiger partial charge in [0.2, 0.25) is 5.78 Å². The highest BCUT2D eigenvalue weighted by Gasteiger charge is 2.47. The molecule has 0 saturated heterocycles. The number of aliphatic hydroxyl groups is 1. The molecule has 164 valence electrons. The number of hydrogen-bond donors (Lipinski definition) is 1. The van der Waals surface area contributed by atoms with Crippen LogP contribution >= 0.6 is 11.3 Å². The van der Waals surface area contributed by atoms with Gasteiger partial charge < -0.3 is 14.3 Å². The third kappa shape index (κ3) is 3.38. The highest BCUT2D eigenvalue weighted by molar-refractivity contribution is 7.17. The molecule has 0 aliphatic carbocycles. The second-order valence-corrected chi connectivity index (χ2v) is 7.98. The summed E-state index contributed by atoms with van der Waals surface area (Å²) in [5, 5.41) is 10.7. The van der Waals surface area contributed by atoms with Crippen molar-refractivity contribution in [1.82, 2.24) is 4.98 Å². The zero-order chi connectivity index (χ0) is 23.2. The lowest BCUT2D eigenvalue weighted by atomic mass is 9.95. The SMILES string of the molecule is COC(=O)c1sc(N2C(=O)C(O)=C(C(=O)c3ccc(C)o3)[C@H]2c2ccccc2F)nc1C. The van der Waals surface area contributed by atoms with Crippen LogP contribution in [0.4, 0.5) is 9.52 Å². The zero-order valence-electron chi connectivity index (χ0n) is 17.2. The molecule has 1 aromatic carbocycles. The number of esters is 1. The quantitative estimate of drug-likeness (QED) is 0.455. The lowest BCUT2D eigenvalue weighted by Crippen LogP contribution is -2.31. The van der Waals surface area contributed by atoms with Crippen LogP contribution in [0.1, 0.15) is 43.3 Å². The fourth-order valence-corrected chi connectivity index (χ4v) is 4.49. The first-order chi connectivity index (χ1) is 15.2. The number of halogens is 1. The van der Waals surface area contributed by atoms with E-state index < -0.39 is 35.3 Å². The van der Waals surface area contributed by atoms with Gasteiger partial charge in [-0.25, -0.2) is 14.2 Å². The molecule has 3 aromatic rings. The topological polar surface area (TPSA) is 110 Å². The van der Waals surface area contributed by atoms with Gasteiger partial charge in [-0.05, 0) is 32.0 Å². The van der Waals surface area contributed by atoms with Crippen molar-refractivity contribution in [1.29, 1.82) is 0 Å². The van der Waals surface area contributed by atoms with Gasteiger partial charge in [0.05, 0.1) is 18.4 Å². The minimum absolute atomic E-state index is 0.00567. The Morgan fingerprint density at radius 3 is 2.56 bits per heavy atom. The first-order valence-corrected chi connectivity index (χ1v) is 10.2. The van der Waals surface area contributed by atoms with Gasteiger partial charge in [0.1, 0.15) is 22.5 Å². The highest BCUT2D eigenvalue weighted by Crippen LogP contribution is 2.44. The molecule has 1 aliphatic heterocycles. The highest BCUT2D eigenvalue weighted by atomic mass is 32.1. The van der Waals surface area contributed by atoms with Crippen LogP contribution in [-0.4, -0.2) is 34.9 Å². The van der Waals surface area contributed by atoms with Gasteiger partial charge in [-0.3, -0.25) is 14.5 Å². The number of aliphatic hydroxyl groups excluding tert-OH is 1. The van der Waals surface area contributed by atoms with E-state index in [0.717, 1.165) is 16.2 Å². The number of benzene rings is 1. The Morgan fingerprint density at radius 1 is 1.22 bits per heavy atom. The number of aryl methyl sites for hydroxylation is 2. The number of ketones is 1. The number of carbonyl (C=O) groups excluding carboxylic acids is 3. The van der Waals surface area contributed by atoms with Crippen molar-refractivity contribution in [2.45, 2.75) is 19.9 Å². The average Bonchev–Trinajstić information content (AvgIpc) is 3.44. The van der Waals surface area contributed by atoms with Gasteiger partial charge in [0.15, 0.2) is 16.7 Å². The Hall–Kier alpha value is -3.79. The van der Waals surface area contributed by atoms with Crippen LogP contribution in [-0.2, 0) is 9.53 Å². The molecule has 1 aliphatic rings. The Morgan fingerprint density at radius 2 is 1.94 bits per heavy atom. The predicted octanol–water partition coefficient (Wildman–Crippen LogP) is 4.06. The molecule has 0 saturated carbocycles. The Bertz CT molecular complexity index is 1290. The van der Waals surface area contributed by atoms with Crippen molar-refractivity contribution in [2.24, 2.45) is 0 Å². The summed E-state index contributed by atoms with van der Waals surface area (Å²) < 4.78 is 24.9. The van der Waals surface area contributed by atoms with Gasteiger partial charge in [-0.2, -0.15) is 0 Å². The molecule has 2 aromatic heterocycles. The number of methoxy groups -OCH3 is 1. The number of aromatic nitrogens is 1. The van der Waals surface area contributed by atoms with Crippen molar-refractivity contribution in [3.8, 4) is 0 Å². The standard InChI is InChI=1S/C22H17FN2O6S/c1-10-8-9-14(31-10)17(26)15-16(12-6-4-5-7-13(12)23)25(20(28)18(15)27)22-24-11(2)19(32-22)21(29)30-3/h4-9,16,27H,1-3H3/t16-/m1/s1. The molecule has 0 spiro atoms. The van der Waals surface area contributed by atoms with Crippen molar-refractivity contribution < 1.29 is 33.0 Å². The Kier molecular flexibility index (Phi) is 5.39. The molecule has 0 unspecified atom stereocenters. The monoisotopic (exact) mass is 456 g/mol. The second-order valence-electron chi connectivity index (χ2n) is 7.00. The minimum Gasteiger partial charge on any atom is -0.503 e. The van der Waals surface area contributed by atoms with Crippen LogP contribution in [0.3, 0.4) is 0 Å². The first kappa shape index (κ1) is 21.4. The van der Waals surface area contributed by atoms with E-state index in [1.807, 2.05) is 0 Å². The van der Waals surface area contributed by atoms with Crippen molar-refractivity contribution >= 4 is 34.1 Å². The van der Waals surface area contributed by atoms with Crippen LogP contribution in [0.2, 0.25) is 0 Å². The van der Waals surface area contributed by atoms with Gasteiger partial charge in [-0.1, -0.05) is 29.5 Å². The van der Waals surface area contributed by atoms with Gasteiger partial charge >= 0.3 is 5.97 Å². The van der Waals surface area contributed by atoms with Crippen molar-refractivity contribution in [2.75, 3.05) is 12.0 Å². The van der Waals surface area contributed by atoms with Crippen LogP contribution in [0.5, 0.6) is 0 Å². The summed E-state index contributed by atoms with van der Waals surface area (Å²) in [6, 6.07) is 7.24. The summed E-state index contributed by atoms with van der Waals surface area (Å²) >= 11 is 0.838. The predicted molar refractivity (Wildman–Crippen MR) is 112 cm³/mol. The lowest BCUT2D eigenvalue weighted by Gasteiger charge is -2.24. The average molecular weight is 456 g/mol. The number of rotatable bonds is 5. The summed E-state index contributed by atoms with van der Waals surface area (Å²) in [6.45, 7) is 3.19. The van der Waals surface area contributed by atoms with E-state index in [2.05, 4.69) is 4.98 Å². The summed E-state index contributed by atoms with van der Waals surface area (Å²) in [5.41, 5.74) is -0.0798. The fraction of sp³-hybridized carbons (Fsp3) is 0.182. The maximum absolute atomic E-state index is 14.8. The van der Waals surface area contributed by atoms with E-state index in [0.29, 0.717) is 5.76 Å². The summed E-state index contributed by atoms with van der Waals surface area (Å²) in [7, 11) is 1.21. The molecule has 10 heteroatoms. The number of thiazole rings is 1. The normalized spacial score (nSPS) is 16.1.